The van der Waals surface area contributed by atoms with E-state index in [-0.39, 0.29) is 11.9 Å². The largest absolute Gasteiger partial charge is 0.507 e. The van der Waals surface area contributed by atoms with Crippen LogP contribution in [0.1, 0.15) is 31.4 Å². The lowest BCUT2D eigenvalue weighted by Gasteiger charge is -2.14. The van der Waals surface area contributed by atoms with E-state index in [4.69, 9.17) is 21.1 Å². The number of methoxy groups -OCH3 is 1. The third-order valence-corrected chi connectivity index (χ3v) is 4.12. The second-order valence-electron chi connectivity index (χ2n) is 5.47. The highest BCUT2D eigenvalue weighted by atomic mass is 35.5. The summed E-state index contributed by atoms with van der Waals surface area (Å²) in [6.07, 6.45) is 2.23. The molecule has 0 aliphatic heterocycles. The summed E-state index contributed by atoms with van der Waals surface area (Å²) in [4.78, 5) is 4.60. The van der Waals surface area contributed by atoms with E-state index in [1.165, 1.54) is 0 Å². The molecule has 1 aromatic heterocycles. The molecule has 1 saturated carbocycles. The first-order valence-electron chi connectivity index (χ1n) is 7.08. The summed E-state index contributed by atoms with van der Waals surface area (Å²) in [6, 6.07) is 5.28. The van der Waals surface area contributed by atoms with Crippen molar-refractivity contribution < 1.29 is 14.6 Å². The topological polar surface area (TPSA) is 51.6 Å². The van der Waals surface area contributed by atoms with Gasteiger partial charge in [0, 0.05) is 30.2 Å². The van der Waals surface area contributed by atoms with Crippen molar-refractivity contribution in [2.24, 2.45) is 0 Å². The summed E-state index contributed by atoms with van der Waals surface area (Å²) in [6.45, 7) is 2.33. The molecule has 4 nitrogen and oxygen atoms in total. The number of benzene rings is 1. The number of aromatic nitrogens is 1. The number of aromatic hydroxyl groups is 1. The SMILES string of the molecule is COC(C)COc1ccc2c(O)cc(C3CC3)nc2c1Cl. The van der Waals surface area contributed by atoms with Crippen molar-refractivity contribution in [2.45, 2.75) is 31.8 Å². The third-order valence-electron chi connectivity index (χ3n) is 3.75. The van der Waals surface area contributed by atoms with Crippen LogP contribution in [0.3, 0.4) is 0 Å². The minimum Gasteiger partial charge on any atom is -0.507 e. The normalized spacial score (nSPS) is 16.1. The van der Waals surface area contributed by atoms with Crippen LogP contribution in [0.15, 0.2) is 18.2 Å². The second kappa shape index (κ2) is 5.70. The molecule has 1 unspecified atom stereocenters. The monoisotopic (exact) mass is 307 g/mol. The van der Waals surface area contributed by atoms with Gasteiger partial charge in [-0.05, 0) is 31.9 Å². The molecule has 0 bridgehead atoms. The van der Waals surface area contributed by atoms with E-state index in [1.54, 1.807) is 25.3 Å². The number of hydrogen-bond acceptors (Lipinski definition) is 4. The van der Waals surface area contributed by atoms with Crippen LogP contribution in [-0.2, 0) is 4.74 Å². The van der Waals surface area contributed by atoms with Gasteiger partial charge in [-0.3, -0.25) is 4.98 Å². The fourth-order valence-electron chi connectivity index (χ4n) is 2.22. The van der Waals surface area contributed by atoms with Gasteiger partial charge in [-0.15, -0.1) is 0 Å². The number of halogens is 1. The summed E-state index contributed by atoms with van der Waals surface area (Å²) >= 11 is 6.40. The molecule has 1 atom stereocenters. The zero-order valence-electron chi connectivity index (χ0n) is 12.1. The standard InChI is InChI=1S/C16H18ClNO3/c1-9(20-2)8-21-14-6-5-11-13(19)7-12(10-3-4-10)18-16(11)15(14)17/h5-7,9-10H,3-4,8H2,1-2H3,(H,18,19). The van der Waals surface area contributed by atoms with Crippen molar-refractivity contribution in [3.8, 4) is 11.5 Å². The average Bonchev–Trinajstić information content (AvgIpc) is 3.31. The van der Waals surface area contributed by atoms with Gasteiger partial charge in [0.1, 0.15) is 23.1 Å². The first kappa shape index (κ1) is 14.4. The molecule has 2 aromatic rings. The Bertz CT molecular complexity index is 670. The minimum atomic E-state index is -0.0177. The van der Waals surface area contributed by atoms with Gasteiger partial charge in [0.25, 0.3) is 0 Å². The lowest BCUT2D eigenvalue weighted by Crippen LogP contribution is -2.16. The molecule has 3 rings (SSSR count). The zero-order valence-corrected chi connectivity index (χ0v) is 12.9. The first-order valence-corrected chi connectivity index (χ1v) is 7.45. The molecule has 0 radical (unpaired) electrons. The molecule has 0 spiro atoms. The van der Waals surface area contributed by atoms with Gasteiger partial charge in [0.2, 0.25) is 0 Å². The maximum absolute atomic E-state index is 10.1. The summed E-state index contributed by atoms with van der Waals surface area (Å²) in [5, 5.41) is 11.2. The van der Waals surface area contributed by atoms with Gasteiger partial charge in [-0.2, -0.15) is 0 Å². The van der Waals surface area contributed by atoms with Crippen LogP contribution in [0.25, 0.3) is 10.9 Å². The molecular weight excluding hydrogens is 290 g/mol. The molecule has 1 N–H and O–H groups in total. The highest BCUT2D eigenvalue weighted by molar-refractivity contribution is 6.36. The summed E-state index contributed by atoms with van der Waals surface area (Å²) in [5.74, 6) is 1.24. The maximum Gasteiger partial charge on any atom is 0.140 e. The molecule has 0 saturated heterocycles. The van der Waals surface area contributed by atoms with E-state index in [2.05, 4.69) is 4.98 Å². The van der Waals surface area contributed by atoms with E-state index >= 15 is 0 Å². The van der Waals surface area contributed by atoms with Gasteiger partial charge >= 0.3 is 0 Å². The van der Waals surface area contributed by atoms with Crippen LogP contribution in [0.4, 0.5) is 0 Å². The summed E-state index contributed by atoms with van der Waals surface area (Å²) in [5.41, 5.74) is 1.51. The van der Waals surface area contributed by atoms with Crippen molar-refractivity contribution >= 4 is 22.5 Å². The molecule has 21 heavy (non-hydrogen) atoms. The van der Waals surface area contributed by atoms with E-state index in [9.17, 15) is 5.11 Å². The first-order chi connectivity index (χ1) is 10.1. The van der Waals surface area contributed by atoms with Crippen molar-refractivity contribution in [1.29, 1.82) is 0 Å². The number of pyridine rings is 1. The number of fused-ring (bicyclic) bond motifs is 1. The average molecular weight is 308 g/mol. The number of nitrogens with zero attached hydrogens (tertiary/aromatic N) is 1. The Morgan fingerprint density at radius 1 is 1.43 bits per heavy atom. The van der Waals surface area contributed by atoms with Crippen molar-refractivity contribution in [1.82, 2.24) is 4.98 Å². The summed E-state index contributed by atoms with van der Waals surface area (Å²) < 4.78 is 10.8. The Labute approximate surface area is 128 Å². The third kappa shape index (κ3) is 2.92. The Morgan fingerprint density at radius 3 is 2.86 bits per heavy atom. The Balaban J connectivity index is 1.98. The van der Waals surface area contributed by atoms with E-state index in [0.717, 1.165) is 18.5 Å². The molecule has 5 heteroatoms. The molecular formula is C16H18ClNO3. The molecule has 1 aliphatic rings. The van der Waals surface area contributed by atoms with Crippen LogP contribution in [-0.4, -0.2) is 29.9 Å². The number of hydrogen-bond donors (Lipinski definition) is 1. The van der Waals surface area contributed by atoms with Crippen LogP contribution >= 0.6 is 11.6 Å². The van der Waals surface area contributed by atoms with Crippen molar-refractivity contribution in [3.05, 3.63) is 28.9 Å². The number of rotatable bonds is 5. The van der Waals surface area contributed by atoms with Gasteiger partial charge in [0.05, 0.1) is 11.6 Å². The van der Waals surface area contributed by atoms with Gasteiger partial charge in [-0.1, -0.05) is 11.6 Å². The number of ether oxygens (including phenoxy) is 2. The predicted octanol–water partition coefficient (Wildman–Crippen LogP) is 3.88. The molecule has 0 amide bonds. The highest BCUT2D eigenvalue weighted by Crippen LogP contribution is 2.43. The Morgan fingerprint density at radius 2 is 2.19 bits per heavy atom. The maximum atomic E-state index is 10.1. The van der Waals surface area contributed by atoms with Gasteiger partial charge < -0.3 is 14.6 Å². The smallest absolute Gasteiger partial charge is 0.140 e. The van der Waals surface area contributed by atoms with Gasteiger partial charge in [-0.25, -0.2) is 0 Å². The lowest BCUT2D eigenvalue weighted by atomic mass is 10.1. The fraction of sp³-hybridized carbons (Fsp3) is 0.438. The molecule has 1 heterocycles. The van der Waals surface area contributed by atoms with E-state index in [1.807, 2.05) is 6.92 Å². The molecule has 112 valence electrons. The quantitative estimate of drug-likeness (QED) is 0.910. The molecule has 1 aromatic carbocycles. The fourth-order valence-corrected chi connectivity index (χ4v) is 2.48. The van der Waals surface area contributed by atoms with Crippen LogP contribution in [0.5, 0.6) is 11.5 Å². The molecule has 1 aliphatic carbocycles. The Kier molecular flexibility index (Phi) is 3.91. The second-order valence-corrected chi connectivity index (χ2v) is 5.85. The van der Waals surface area contributed by atoms with Crippen molar-refractivity contribution in [3.63, 3.8) is 0 Å². The van der Waals surface area contributed by atoms with Crippen molar-refractivity contribution in [2.75, 3.05) is 13.7 Å². The van der Waals surface area contributed by atoms with Crippen LogP contribution < -0.4 is 4.74 Å². The minimum absolute atomic E-state index is 0.0177. The Hall–Kier alpha value is -1.52. The zero-order chi connectivity index (χ0) is 15.0. The lowest BCUT2D eigenvalue weighted by molar-refractivity contribution is 0.0717. The van der Waals surface area contributed by atoms with Crippen LogP contribution in [0.2, 0.25) is 5.02 Å². The van der Waals surface area contributed by atoms with E-state index < -0.39 is 0 Å². The summed E-state index contributed by atoms with van der Waals surface area (Å²) in [7, 11) is 1.64. The predicted molar refractivity (Wildman–Crippen MR) is 82.4 cm³/mol. The van der Waals surface area contributed by atoms with E-state index in [0.29, 0.717) is 34.2 Å². The van der Waals surface area contributed by atoms with Crippen LogP contribution in [0, 0.1) is 0 Å². The van der Waals surface area contributed by atoms with Gasteiger partial charge in [0.15, 0.2) is 0 Å². The molecule has 1 fully saturated rings. The highest BCUT2D eigenvalue weighted by Gasteiger charge is 2.26.